The minimum Gasteiger partial charge on any atom is -0.486 e. The molecule has 2 heterocycles. The van der Waals surface area contributed by atoms with E-state index in [-0.39, 0.29) is 0 Å². The van der Waals surface area contributed by atoms with Crippen molar-refractivity contribution in [2.24, 2.45) is 0 Å². The standard InChI is InChI=1S/C15H15NO3/c17-11-13-2-1-6-16(13)7-5-12-3-4-14-15(10-12)19-9-8-18-14/h1-4,6,10-11H,5,7-9H2. The average Bonchev–Trinajstić information content (AvgIpc) is 2.92. The molecule has 0 atom stereocenters. The molecule has 0 unspecified atom stereocenters. The lowest BCUT2D eigenvalue weighted by Gasteiger charge is -2.19. The second-order valence-corrected chi connectivity index (χ2v) is 4.47. The van der Waals surface area contributed by atoms with E-state index in [4.69, 9.17) is 9.47 Å². The van der Waals surface area contributed by atoms with Crippen LogP contribution >= 0.6 is 0 Å². The molecule has 0 aliphatic carbocycles. The fourth-order valence-corrected chi connectivity index (χ4v) is 2.23. The van der Waals surface area contributed by atoms with Gasteiger partial charge in [-0.1, -0.05) is 6.07 Å². The van der Waals surface area contributed by atoms with Crippen LogP contribution in [-0.4, -0.2) is 24.1 Å². The van der Waals surface area contributed by atoms with Crippen LogP contribution in [0.25, 0.3) is 0 Å². The first-order valence-corrected chi connectivity index (χ1v) is 6.35. The topological polar surface area (TPSA) is 40.5 Å². The molecular weight excluding hydrogens is 242 g/mol. The van der Waals surface area contributed by atoms with E-state index in [1.165, 1.54) is 5.56 Å². The van der Waals surface area contributed by atoms with Gasteiger partial charge in [0.2, 0.25) is 0 Å². The molecule has 0 saturated heterocycles. The van der Waals surface area contributed by atoms with Crippen molar-refractivity contribution in [3.8, 4) is 11.5 Å². The summed E-state index contributed by atoms with van der Waals surface area (Å²) in [5.41, 5.74) is 1.88. The average molecular weight is 257 g/mol. The number of aromatic nitrogens is 1. The van der Waals surface area contributed by atoms with E-state index >= 15 is 0 Å². The Morgan fingerprint density at radius 3 is 2.84 bits per heavy atom. The monoisotopic (exact) mass is 257 g/mol. The van der Waals surface area contributed by atoms with E-state index in [0.717, 1.165) is 30.8 Å². The van der Waals surface area contributed by atoms with Gasteiger partial charge in [0.25, 0.3) is 0 Å². The van der Waals surface area contributed by atoms with Gasteiger partial charge in [-0.2, -0.15) is 0 Å². The van der Waals surface area contributed by atoms with Crippen LogP contribution in [0.1, 0.15) is 16.1 Å². The molecule has 4 heteroatoms. The number of benzene rings is 1. The van der Waals surface area contributed by atoms with Gasteiger partial charge in [-0.3, -0.25) is 4.79 Å². The number of fused-ring (bicyclic) bond motifs is 1. The van der Waals surface area contributed by atoms with Crippen LogP contribution in [0.4, 0.5) is 0 Å². The first-order chi connectivity index (χ1) is 9.36. The Balaban J connectivity index is 1.72. The molecule has 0 radical (unpaired) electrons. The van der Waals surface area contributed by atoms with Gasteiger partial charge >= 0.3 is 0 Å². The van der Waals surface area contributed by atoms with Crippen molar-refractivity contribution in [2.45, 2.75) is 13.0 Å². The predicted octanol–water partition coefficient (Wildman–Crippen LogP) is 2.31. The van der Waals surface area contributed by atoms with Gasteiger partial charge in [0, 0.05) is 12.7 Å². The number of aryl methyl sites for hydroxylation is 2. The Bertz CT molecular complexity index is 589. The molecule has 98 valence electrons. The molecule has 0 fully saturated rings. The summed E-state index contributed by atoms with van der Waals surface area (Å²) < 4.78 is 13.0. The van der Waals surface area contributed by atoms with Crippen molar-refractivity contribution < 1.29 is 14.3 Å². The molecular formula is C15H15NO3. The summed E-state index contributed by atoms with van der Waals surface area (Å²) in [7, 11) is 0. The molecule has 1 aliphatic heterocycles. The van der Waals surface area contributed by atoms with Gasteiger partial charge in [-0.15, -0.1) is 0 Å². The van der Waals surface area contributed by atoms with E-state index in [1.807, 2.05) is 41.1 Å². The van der Waals surface area contributed by atoms with E-state index in [2.05, 4.69) is 0 Å². The molecule has 2 aromatic rings. The molecule has 0 amide bonds. The zero-order valence-corrected chi connectivity index (χ0v) is 10.5. The van der Waals surface area contributed by atoms with Crippen molar-refractivity contribution in [3.63, 3.8) is 0 Å². The van der Waals surface area contributed by atoms with E-state index in [0.29, 0.717) is 18.9 Å². The number of ether oxygens (including phenoxy) is 2. The second kappa shape index (κ2) is 5.18. The summed E-state index contributed by atoms with van der Waals surface area (Å²) in [4.78, 5) is 10.8. The van der Waals surface area contributed by atoms with Crippen molar-refractivity contribution in [1.82, 2.24) is 4.57 Å². The number of aldehydes is 1. The number of nitrogens with zero attached hydrogens (tertiary/aromatic N) is 1. The first-order valence-electron chi connectivity index (χ1n) is 6.35. The lowest BCUT2D eigenvalue weighted by atomic mass is 10.1. The maximum Gasteiger partial charge on any atom is 0.166 e. The highest BCUT2D eigenvalue weighted by molar-refractivity contribution is 5.72. The van der Waals surface area contributed by atoms with Crippen LogP contribution in [0.3, 0.4) is 0 Å². The van der Waals surface area contributed by atoms with Crippen LogP contribution in [0.2, 0.25) is 0 Å². The smallest absolute Gasteiger partial charge is 0.166 e. The third-order valence-corrected chi connectivity index (χ3v) is 3.23. The zero-order chi connectivity index (χ0) is 13.1. The van der Waals surface area contributed by atoms with Gasteiger partial charge in [0.1, 0.15) is 13.2 Å². The third kappa shape index (κ3) is 2.47. The van der Waals surface area contributed by atoms with E-state index in [1.54, 1.807) is 0 Å². The number of hydrogen-bond donors (Lipinski definition) is 0. The summed E-state index contributed by atoms with van der Waals surface area (Å²) in [6.45, 7) is 1.99. The van der Waals surface area contributed by atoms with Gasteiger partial charge in [0.15, 0.2) is 17.8 Å². The zero-order valence-electron chi connectivity index (χ0n) is 10.5. The fraction of sp³-hybridized carbons (Fsp3) is 0.267. The fourth-order valence-electron chi connectivity index (χ4n) is 2.23. The van der Waals surface area contributed by atoms with Gasteiger partial charge < -0.3 is 14.0 Å². The molecule has 19 heavy (non-hydrogen) atoms. The number of carbonyl (C=O) groups excluding carboxylic acids is 1. The van der Waals surface area contributed by atoms with Crippen molar-refractivity contribution in [1.29, 1.82) is 0 Å². The second-order valence-electron chi connectivity index (χ2n) is 4.47. The molecule has 3 rings (SSSR count). The highest BCUT2D eigenvalue weighted by atomic mass is 16.6. The van der Waals surface area contributed by atoms with Crippen molar-refractivity contribution in [3.05, 3.63) is 47.8 Å². The van der Waals surface area contributed by atoms with Crippen LogP contribution < -0.4 is 9.47 Å². The number of carbonyl (C=O) groups is 1. The Hall–Kier alpha value is -2.23. The van der Waals surface area contributed by atoms with Gasteiger partial charge in [-0.05, 0) is 36.2 Å². The lowest BCUT2D eigenvalue weighted by Crippen LogP contribution is -2.15. The Morgan fingerprint density at radius 1 is 1.16 bits per heavy atom. The summed E-state index contributed by atoms with van der Waals surface area (Å²) in [6, 6.07) is 9.70. The largest absolute Gasteiger partial charge is 0.486 e. The Kier molecular flexibility index (Phi) is 3.23. The number of hydrogen-bond acceptors (Lipinski definition) is 3. The molecule has 1 aliphatic rings. The van der Waals surface area contributed by atoms with Crippen LogP contribution in [-0.2, 0) is 13.0 Å². The van der Waals surface area contributed by atoms with Crippen LogP contribution in [0.5, 0.6) is 11.5 Å². The minimum absolute atomic E-state index is 0.601. The lowest BCUT2D eigenvalue weighted by molar-refractivity contribution is 0.111. The maximum atomic E-state index is 10.8. The molecule has 0 spiro atoms. The Morgan fingerprint density at radius 2 is 2.00 bits per heavy atom. The number of rotatable bonds is 4. The molecule has 0 saturated carbocycles. The molecule has 1 aromatic carbocycles. The predicted molar refractivity (Wildman–Crippen MR) is 71.0 cm³/mol. The molecule has 0 N–H and O–H groups in total. The SMILES string of the molecule is O=Cc1cccn1CCc1ccc2c(c1)OCCO2. The third-order valence-electron chi connectivity index (χ3n) is 3.23. The highest BCUT2D eigenvalue weighted by Gasteiger charge is 2.11. The highest BCUT2D eigenvalue weighted by Crippen LogP contribution is 2.30. The van der Waals surface area contributed by atoms with Crippen molar-refractivity contribution in [2.75, 3.05) is 13.2 Å². The summed E-state index contributed by atoms with van der Waals surface area (Å²) in [6.07, 6.45) is 3.65. The normalized spacial score (nSPS) is 13.3. The minimum atomic E-state index is 0.601. The quantitative estimate of drug-likeness (QED) is 0.789. The molecule has 4 nitrogen and oxygen atoms in total. The molecule has 1 aromatic heterocycles. The summed E-state index contributed by atoms with van der Waals surface area (Å²) in [5, 5.41) is 0. The van der Waals surface area contributed by atoms with Crippen molar-refractivity contribution >= 4 is 6.29 Å². The van der Waals surface area contributed by atoms with Gasteiger partial charge in [0.05, 0.1) is 5.69 Å². The molecule has 0 bridgehead atoms. The van der Waals surface area contributed by atoms with Crippen LogP contribution in [0, 0.1) is 0 Å². The van der Waals surface area contributed by atoms with E-state index in [9.17, 15) is 4.79 Å². The summed E-state index contributed by atoms with van der Waals surface area (Å²) in [5.74, 6) is 1.62. The first kappa shape index (κ1) is 11.8. The van der Waals surface area contributed by atoms with Gasteiger partial charge in [-0.25, -0.2) is 0 Å². The Labute approximate surface area is 111 Å². The van der Waals surface area contributed by atoms with Crippen LogP contribution in [0.15, 0.2) is 36.5 Å². The maximum absolute atomic E-state index is 10.8. The van der Waals surface area contributed by atoms with E-state index < -0.39 is 0 Å². The summed E-state index contributed by atoms with van der Waals surface area (Å²) >= 11 is 0.